The molecule has 0 saturated heterocycles. The van der Waals surface area contributed by atoms with Gasteiger partial charge in [-0.3, -0.25) is 9.59 Å². The first-order chi connectivity index (χ1) is 15.1. The first-order valence-electron chi connectivity index (χ1n) is 10.6. The van der Waals surface area contributed by atoms with Gasteiger partial charge in [-0.25, -0.2) is 4.98 Å². The summed E-state index contributed by atoms with van der Waals surface area (Å²) in [5.41, 5.74) is 1.37. The maximum atomic E-state index is 12.7. The zero-order chi connectivity index (χ0) is 22.1. The summed E-state index contributed by atoms with van der Waals surface area (Å²) in [4.78, 5) is 32.6. The summed E-state index contributed by atoms with van der Waals surface area (Å²) in [7, 11) is 1.64. The van der Waals surface area contributed by atoms with E-state index in [0.717, 1.165) is 24.2 Å². The number of benzene rings is 1. The summed E-state index contributed by atoms with van der Waals surface area (Å²) in [6.07, 6.45) is 5.97. The molecule has 0 atom stereocenters. The summed E-state index contributed by atoms with van der Waals surface area (Å²) in [6.45, 7) is 2.63. The molecule has 1 fully saturated rings. The van der Waals surface area contributed by atoms with Crippen LogP contribution in [0.15, 0.2) is 30.5 Å². The average Bonchev–Trinajstić information content (AvgIpc) is 3.28. The minimum Gasteiger partial charge on any atom is -0.496 e. The molecular formula is C22H30N6O3. The lowest BCUT2D eigenvalue weighted by atomic mass is 10.2. The fourth-order valence-corrected chi connectivity index (χ4v) is 3.54. The summed E-state index contributed by atoms with van der Waals surface area (Å²) >= 11 is 0. The molecule has 3 rings (SSSR count). The number of hydrogen-bond donors (Lipinski definition) is 4. The largest absolute Gasteiger partial charge is 0.496 e. The molecule has 2 aromatic rings. The zero-order valence-electron chi connectivity index (χ0n) is 18.0. The van der Waals surface area contributed by atoms with Crippen molar-refractivity contribution in [2.45, 2.75) is 45.2 Å². The number of nitrogens with zero attached hydrogens (tertiary/aromatic N) is 2. The molecule has 9 nitrogen and oxygen atoms in total. The van der Waals surface area contributed by atoms with Crippen molar-refractivity contribution in [3.8, 4) is 5.75 Å². The van der Waals surface area contributed by atoms with Gasteiger partial charge in [0.25, 0.3) is 5.91 Å². The quantitative estimate of drug-likeness (QED) is 0.431. The molecule has 1 heterocycles. The summed E-state index contributed by atoms with van der Waals surface area (Å²) in [6, 6.07) is 8.03. The number of hydrogen-bond acceptors (Lipinski definition) is 7. The van der Waals surface area contributed by atoms with Crippen LogP contribution >= 0.6 is 0 Å². The predicted octanol–water partition coefficient (Wildman–Crippen LogP) is 2.32. The van der Waals surface area contributed by atoms with Crippen molar-refractivity contribution in [1.82, 2.24) is 20.6 Å². The van der Waals surface area contributed by atoms with E-state index in [1.54, 1.807) is 7.11 Å². The highest BCUT2D eigenvalue weighted by molar-refractivity contribution is 5.98. The fraction of sp³-hybridized carbons (Fsp3) is 0.455. The normalized spacial score (nSPS) is 13.5. The van der Waals surface area contributed by atoms with Crippen LogP contribution in [-0.2, 0) is 11.3 Å². The van der Waals surface area contributed by atoms with Gasteiger partial charge >= 0.3 is 0 Å². The van der Waals surface area contributed by atoms with Crippen molar-refractivity contribution >= 4 is 23.6 Å². The second-order valence-corrected chi connectivity index (χ2v) is 7.49. The van der Waals surface area contributed by atoms with Crippen molar-refractivity contribution in [3.05, 3.63) is 41.6 Å². The predicted molar refractivity (Wildman–Crippen MR) is 119 cm³/mol. The molecule has 0 radical (unpaired) electrons. The number of amides is 2. The minimum absolute atomic E-state index is 0.133. The SMILES string of the molecule is COc1ccccc1CNc1ncc(C(=O)NCCNC(C)=O)c(NC2CCCC2)n1. The van der Waals surface area contributed by atoms with E-state index < -0.39 is 0 Å². The Hall–Kier alpha value is -3.36. The Bertz CT molecular complexity index is 899. The molecule has 1 aliphatic carbocycles. The van der Waals surface area contributed by atoms with Gasteiger partial charge in [-0.2, -0.15) is 4.98 Å². The number of rotatable bonds is 10. The van der Waals surface area contributed by atoms with E-state index in [1.165, 1.54) is 26.0 Å². The average molecular weight is 427 g/mol. The second kappa shape index (κ2) is 11.1. The van der Waals surface area contributed by atoms with Gasteiger partial charge in [0.2, 0.25) is 11.9 Å². The van der Waals surface area contributed by atoms with Crippen molar-refractivity contribution in [2.75, 3.05) is 30.8 Å². The standard InChI is InChI=1S/C22H30N6O3/c1-15(29)23-11-12-24-21(30)18-14-26-22(28-20(18)27-17-8-4-5-9-17)25-13-16-7-3-6-10-19(16)31-2/h3,6-7,10,14,17H,4-5,8-9,11-13H2,1-2H3,(H,23,29)(H,24,30)(H2,25,26,27,28). The Morgan fingerprint density at radius 1 is 1.13 bits per heavy atom. The van der Waals surface area contributed by atoms with Gasteiger partial charge in [-0.15, -0.1) is 0 Å². The lowest BCUT2D eigenvalue weighted by Gasteiger charge is -2.17. The van der Waals surface area contributed by atoms with Crippen LogP contribution in [0.3, 0.4) is 0 Å². The summed E-state index contributed by atoms with van der Waals surface area (Å²) in [5, 5.41) is 12.1. The molecular weight excluding hydrogens is 396 g/mol. The van der Waals surface area contributed by atoms with E-state index in [-0.39, 0.29) is 11.8 Å². The van der Waals surface area contributed by atoms with Gasteiger partial charge in [0, 0.05) is 44.4 Å². The van der Waals surface area contributed by atoms with Gasteiger partial charge < -0.3 is 26.0 Å². The molecule has 0 spiro atoms. The monoisotopic (exact) mass is 426 g/mol. The molecule has 0 aliphatic heterocycles. The highest BCUT2D eigenvalue weighted by atomic mass is 16.5. The van der Waals surface area contributed by atoms with Crippen LogP contribution in [0.1, 0.15) is 48.5 Å². The summed E-state index contributed by atoms with van der Waals surface area (Å²) < 4.78 is 5.39. The number of anilines is 2. The fourth-order valence-electron chi connectivity index (χ4n) is 3.54. The number of methoxy groups -OCH3 is 1. The van der Waals surface area contributed by atoms with E-state index >= 15 is 0 Å². The Kier molecular flexibility index (Phi) is 8.03. The lowest BCUT2D eigenvalue weighted by molar-refractivity contribution is -0.118. The first-order valence-corrected chi connectivity index (χ1v) is 10.6. The maximum absolute atomic E-state index is 12.7. The summed E-state index contributed by atoms with van der Waals surface area (Å²) in [5.74, 6) is 1.32. The molecule has 4 N–H and O–H groups in total. The Labute approximate surface area is 182 Å². The van der Waals surface area contributed by atoms with Crippen LogP contribution in [0.25, 0.3) is 0 Å². The van der Waals surface area contributed by atoms with E-state index in [0.29, 0.717) is 43.0 Å². The molecule has 0 unspecified atom stereocenters. The van der Waals surface area contributed by atoms with Gasteiger partial charge in [0.1, 0.15) is 17.1 Å². The van der Waals surface area contributed by atoms with E-state index in [9.17, 15) is 9.59 Å². The minimum atomic E-state index is -0.276. The Balaban J connectivity index is 1.71. The first kappa shape index (κ1) is 22.3. The number of ether oxygens (including phenoxy) is 1. The Morgan fingerprint density at radius 2 is 1.87 bits per heavy atom. The molecule has 166 valence electrons. The van der Waals surface area contributed by atoms with Crippen molar-refractivity contribution in [3.63, 3.8) is 0 Å². The van der Waals surface area contributed by atoms with E-state index in [4.69, 9.17) is 4.74 Å². The van der Waals surface area contributed by atoms with Crippen LogP contribution in [0.4, 0.5) is 11.8 Å². The van der Waals surface area contributed by atoms with Crippen LogP contribution in [0.5, 0.6) is 5.75 Å². The molecule has 9 heteroatoms. The number of nitrogens with one attached hydrogen (secondary N) is 4. The van der Waals surface area contributed by atoms with Gasteiger partial charge in [-0.1, -0.05) is 31.0 Å². The highest BCUT2D eigenvalue weighted by Crippen LogP contribution is 2.24. The molecule has 0 bridgehead atoms. The molecule has 2 amide bonds. The molecule has 1 aliphatic rings. The van der Waals surface area contributed by atoms with Crippen LogP contribution in [0.2, 0.25) is 0 Å². The van der Waals surface area contributed by atoms with Gasteiger partial charge in [-0.05, 0) is 18.9 Å². The number of carbonyl (C=O) groups excluding carboxylic acids is 2. The zero-order valence-corrected chi connectivity index (χ0v) is 18.0. The van der Waals surface area contributed by atoms with Crippen LogP contribution in [0, 0.1) is 0 Å². The van der Waals surface area contributed by atoms with E-state index in [1.807, 2.05) is 24.3 Å². The number of carbonyl (C=O) groups is 2. The molecule has 31 heavy (non-hydrogen) atoms. The van der Waals surface area contributed by atoms with Crippen molar-refractivity contribution < 1.29 is 14.3 Å². The third-order valence-electron chi connectivity index (χ3n) is 5.14. The van der Waals surface area contributed by atoms with Crippen LogP contribution in [-0.4, -0.2) is 48.0 Å². The number of aromatic nitrogens is 2. The topological polar surface area (TPSA) is 117 Å². The lowest BCUT2D eigenvalue weighted by Crippen LogP contribution is -2.34. The molecule has 1 aromatic heterocycles. The third-order valence-corrected chi connectivity index (χ3v) is 5.14. The maximum Gasteiger partial charge on any atom is 0.256 e. The smallest absolute Gasteiger partial charge is 0.256 e. The van der Waals surface area contributed by atoms with Gasteiger partial charge in [0.05, 0.1) is 7.11 Å². The van der Waals surface area contributed by atoms with Gasteiger partial charge in [0.15, 0.2) is 0 Å². The molecule has 1 saturated carbocycles. The van der Waals surface area contributed by atoms with Crippen molar-refractivity contribution in [1.29, 1.82) is 0 Å². The highest BCUT2D eigenvalue weighted by Gasteiger charge is 2.20. The molecule has 1 aromatic carbocycles. The third kappa shape index (κ3) is 6.56. The Morgan fingerprint density at radius 3 is 2.61 bits per heavy atom. The van der Waals surface area contributed by atoms with E-state index in [2.05, 4.69) is 31.2 Å². The van der Waals surface area contributed by atoms with Crippen molar-refractivity contribution in [2.24, 2.45) is 0 Å². The second-order valence-electron chi connectivity index (χ2n) is 7.49. The number of para-hydroxylation sites is 1. The van der Waals surface area contributed by atoms with Crippen LogP contribution < -0.4 is 26.0 Å².